The molecule has 0 saturated heterocycles. The van der Waals surface area contributed by atoms with E-state index in [1.54, 1.807) is 0 Å². The van der Waals surface area contributed by atoms with E-state index in [1.165, 1.54) is 42.5 Å². The highest BCUT2D eigenvalue weighted by molar-refractivity contribution is 5.50. The summed E-state index contributed by atoms with van der Waals surface area (Å²) in [6.07, 6.45) is 5.24. The molecule has 0 aromatic heterocycles. The second kappa shape index (κ2) is 6.24. The van der Waals surface area contributed by atoms with Crippen LogP contribution in [0.25, 0.3) is 0 Å². The van der Waals surface area contributed by atoms with Crippen molar-refractivity contribution in [1.29, 1.82) is 0 Å². The van der Waals surface area contributed by atoms with Crippen LogP contribution in [0.15, 0.2) is 18.2 Å². The van der Waals surface area contributed by atoms with Crippen molar-refractivity contribution < 1.29 is 0 Å². The molecule has 0 heterocycles. The standard InChI is InChI=1S/C16H26N2/c1-4-5-10-18(3)16-9-6-14(13(2)11-16)12-17-15-7-8-15/h6,9,11,15,17H,4-5,7-8,10,12H2,1-3H3. The highest BCUT2D eigenvalue weighted by Crippen LogP contribution is 2.22. The number of benzene rings is 1. The van der Waals surface area contributed by atoms with Gasteiger partial charge in [0.1, 0.15) is 0 Å². The van der Waals surface area contributed by atoms with Crippen molar-refractivity contribution in [3.8, 4) is 0 Å². The minimum absolute atomic E-state index is 0.788. The number of anilines is 1. The Balaban J connectivity index is 1.94. The molecule has 0 aliphatic heterocycles. The smallest absolute Gasteiger partial charge is 0.0366 e. The van der Waals surface area contributed by atoms with E-state index in [4.69, 9.17) is 0 Å². The van der Waals surface area contributed by atoms with Gasteiger partial charge in [0.05, 0.1) is 0 Å². The van der Waals surface area contributed by atoms with E-state index in [0.717, 1.165) is 19.1 Å². The Morgan fingerprint density at radius 1 is 1.33 bits per heavy atom. The van der Waals surface area contributed by atoms with E-state index >= 15 is 0 Å². The van der Waals surface area contributed by atoms with E-state index in [-0.39, 0.29) is 0 Å². The predicted octanol–water partition coefficient (Wildman–Crippen LogP) is 3.48. The average molecular weight is 246 g/mol. The van der Waals surface area contributed by atoms with Crippen LogP contribution in [0.4, 0.5) is 5.69 Å². The molecule has 2 heteroatoms. The molecule has 0 unspecified atom stereocenters. The van der Waals surface area contributed by atoms with E-state index in [1.807, 2.05) is 0 Å². The lowest BCUT2D eigenvalue weighted by Crippen LogP contribution is -2.19. The van der Waals surface area contributed by atoms with Gasteiger partial charge in [0.15, 0.2) is 0 Å². The average Bonchev–Trinajstić information content (AvgIpc) is 3.18. The maximum atomic E-state index is 3.58. The molecule has 18 heavy (non-hydrogen) atoms. The van der Waals surface area contributed by atoms with Gasteiger partial charge in [-0.05, 0) is 49.4 Å². The third-order valence-corrected chi connectivity index (χ3v) is 3.77. The molecule has 0 atom stereocenters. The quantitative estimate of drug-likeness (QED) is 0.792. The number of nitrogens with zero attached hydrogens (tertiary/aromatic N) is 1. The van der Waals surface area contributed by atoms with E-state index in [0.29, 0.717) is 0 Å². The van der Waals surface area contributed by atoms with Gasteiger partial charge in [-0.15, -0.1) is 0 Å². The molecule has 1 N–H and O–H groups in total. The lowest BCUT2D eigenvalue weighted by Gasteiger charge is -2.20. The molecule has 1 saturated carbocycles. The summed E-state index contributed by atoms with van der Waals surface area (Å²) in [5.74, 6) is 0. The summed E-state index contributed by atoms with van der Waals surface area (Å²) >= 11 is 0. The van der Waals surface area contributed by atoms with Gasteiger partial charge >= 0.3 is 0 Å². The maximum Gasteiger partial charge on any atom is 0.0366 e. The lowest BCUT2D eigenvalue weighted by atomic mass is 10.1. The molecule has 0 amide bonds. The van der Waals surface area contributed by atoms with Crippen LogP contribution in [0.1, 0.15) is 43.7 Å². The molecule has 1 aromatic carbocycles. The third kappa shape index (κ3) is 3.74. The Kier molecular flexibility index (Phi) is 4.65. The summed E-state index contributed by atoms with van der Waals surface area (Å²) in [6.45, 7) is 6.64. The molecule has 0 bridgehead atoms. The molecule has 0 radical (unpaired) electrons. The number of aryl methyl sites for hydroxylation is 1. The van der Waals surface area contributed by atoms with Crippen LogP contribution in [-0.2, 0) is 6.54 Å². The second-order valence-corrected chi connectivity index (χ2v) is 5.54. The first-order valence-corrected chi connectivity index (χ1v) is 7.24. The number of rotatable bonds is 7. The van der Waals surface area contributed by atoms with Crippen LogP contribution < -0.4 is 10.2 Å². The zero-order valence-electron chi connectivity index (χ0n) is 12.0. The number of hydrogen-bond donors (Lipinski definition) is 1. The zero-order valence-corrected chi connectivity index (χ0v) is 12.0. The molecule has 1 fully saturated rings. The number of hydrogen-bond acceptors (Lipinski definition) is 2. The highest BCUT2D eigenvalue weighted by atomic mass is 15.1. The van der Waals surface area contributed by atoms with Crippen LogP contribution >= 0.6 is 0 Å². The maximum absolute atomic E-state index is 3.58. The number of unbranched alkanes of at least 4 members (excludes halogenated alkanes) is 1. The summed E-state index contributed by atoms with van der Waals surface area (Å²) in [5, 5.41) is 3.58. The van der Waals surface area contributed by atoms with Crippen molar-refractivity contribution in [2.24, 2.45) is 0 Å². The summed E-state index contributed by atoms with van der Waals surface area (Å²) in [4.78, 5) is 2.36. The van der Waals surface area contributed by atoms with E-state index in [9.17, 15) is 0 Å². The normalized spacial score (nSPS) is 14.8. The van der Waals surface area contributed by atoms with Crippen molar-refractivity contribution in [3.63, 3.8) is 0 Å². The zero-order chi connectivity index (χ0) is 13.0. The van der Waals surface area contributed by atoms with Gasteiger partial charge in [0, 0.05) is 31.9 Å². The van der Waals surface area contributed by atoms with Gasteiger partial charge < -0.3 is 10.2 Å². The fourth-order valence-electron chi connectivity index (χ4n) is 2.18. The topological polar surface area (TPSA) is 15.3 Å². The fourth-order valence-corrected chi connectivity index (χ4v) is 2.18. The van der Waals surface area contributed by atoms with Crippen molar-refractivity contribution in [1.82, 2.24) is 5.32 Å². The van der Waals surface area contributed by atoms with Gasteiger partial charge in [-0.3, -0.25) is 0 Å². The van der Waals surface area contributed by atoms with Crippen LogP contribution in [0, 0.1) is 6.92 Å². The first kappa shape index (κ1) is 13.4. The first-order valence-electron chi connectivity index (χ1n) is 7.24. The van der Waals surface area contributed by atoms with Gasteiger partial charge in [0.2, 0.25) is 0 Å². The van der Waals surface area contributed by atoms with Crippen LogP contribution in [0.2, 0.25) is 0 Å². The Hall–Kier alpha value is -1.02. The van der Waals surface area contributed by atoms with Crippen molar-refractivity contribution in [2.75, 3.05) is 18.5 Å². The van der Waals surface area contributed by atoms with E-state index < -0.39 is 0 Å². The van der Waals surface area contributed by atoms with Gasteiger partial charge in [0.25, 0.3) is 0 Å². The summed E-state index contributed by atoms with van der Waals surface area (Å²) in [5.41, 5.74) is 4.19. The lowest BCUT2D eigenvalue weighted by molar-refractivity contribution is 0.685. The number of nitrogens with one attached hydrogen (secondary N) is 1. The Morgan fingerprint density at radius 3 is 2.72 bits per heavy atom. The molecular formula is C16H26N2. The second-order valence-electron chi connectivity index (χ2n) is 5.54. The summed E-state index contributed by atoms with van der Waals surface area (Å²) in [7, 11) is 2.19. The Labute approximate surface area is 111 Å². The third-order valence-electron chi connectivity index (χ3n) is 3.77. The monoisotopic (exact) mass is 246 g/mol. The Bertz CT molecular complexity index is 383. The molecular weight excluding hydrogens is 220 g/mol. The minimum atomic E-state index is 0.788. The summed E-state index contributed by atoms with van der Waals surface area (Å²) in [6, 6.07) is 7.64. The SMILES string of the molecule is CCCCN(C)c1ccc(CNC2CC2)c(C)c1. The Morgan fingerprint density at radius 2 is 2.11 bits per heavy atom. The molecule has 1 aromatic rings. The summed E-state index contributed by atoms with van der Waals surface area (Å²) < 4.78 is 0. The van der Waals surface area contributed by atoms with Gasteiger partial charge in [-0.2, -0.15) is 0 Å². The van der Waals surface area contributed by atoms with Gasteiger partial charge in [-0.1, -0.05) is 19.4 Å². The minimum Gasteiger partial charge on any atom is -0.375 e. The van der Waals surface area contributed by atoms with Crippen LogP contribution in [0.5, 0.6) is 0 Å². The molecule has 0 spiro atoms. The van der Waals surface area contributed by atoms with Crippen LogP contribution in [-0.4, -0.2) is 19.6 Å². The molecule has 1 aliphatic carbocycles. The van der Waals surface area contributed by atoms with Crippen molar-refractivity contribution in [2.45, 2.75) is 52.1 Å². The first-order chi connectivity index (χ1) is 8.70. The molecule has 100 valence electrons. The van der Waals surface area contributed by atoms with Crippen molar-refractivity contribution >= 4 is 5.69 Å². The molecule has 2 rings (SSSR count). The van der Waals surface area contributed by atoms with E-state index in [2.05, 4.69) is 49.3 Å². The van der Waals surface area contributed by atoms with Crippen molar-refractivity contribution in [3.05, 3.63) is 29.3 Å². The largest absolute Gasteiger partial charge is 0.375 e. The van der Waals surface area contributed by atoms with Gasteiger partial charge in [-0.25, -0.2) is 0 Å². The fraction of sp³-hybridized carbons (Fsp3) is 0.625. The predicted molar refractivity (Wildman–Crippen MR) is 79.2 cm³/mol. The molecule has 2 nitrogen and oxygen atoms in total. The van der Waals surface area contributed by atoms with Crippen LogP contribution in [0.3, 0.4) is 0 Å². The highest BCUT2D eigenvalue weighted by Gasteiger charge is 2.20. The molecule has 1 aliphatic rings.